The molecule has 0 spiro atoms. The SMILES string of the molecule is CC1CC(N2CCCC(C3CN4C(=O)C(C)C(C)NC4C(c4ccc(Cl)cc4F)N3)C2)CCN1. The summed E-state index contributed by atoms with van der Waals surface area (Å²) in [6.45, 7) is 10.2. The molecule has 1 aromatic carbocycles. The van der Waals surface area contributed by atoms with Crippen LogP contribution in [-0.2, 0) is 4.79 Å². The summed E-state index contributed by atoms with van der Waals surface area (Å²) in [4.78, 5) is 18.0. The zero-order chi connectivity index (χ0) is 24.0. The largest absolute Gasteiger partial charge is 0.323 e. The molecule has 5 rings (SSSR count). The summed E-state index contributed by atoms with van der Waals surface area (Å²) in [6.07, 6.45) is 4.42. The monoisotopic (exact) mass is 491 g/mol. The van der Waals surface area contributed by atoms with Crippen molar-refractivity contribution in [2.45, 2.75) is 82.8 Å². The summed E-state index contributed by atoms with van der Waals surface area (Å²) in [5.41, 5.74) is 0.575. The van der Waals surface area contributed by atoms with Crippen LogP contribution in [0.1, 0.15) is 58.1 Å². The van der Waals surface area contributed by atoms with Gasteiger partial charge in [-0.15, -0.1) is 0 Å². The van der Waals surface area contributed by atoms with Crippen molar-refractivity contribution < 1.29 is 9.18 Å². The van der Waals surface area contributed by atoms with Gasteiger partial charge in [-0.05, 0) is 70.7 Å². The maximum absolute atomic E-state index is 15.1. The van der Waals surface area contributed by atoms with Gasteiger partial charge in [0.1, 0.15) is 12.0 Å². The predicted octanol–water partition coefficient (Wildman–Crippen LogP) is 3.13. The van der Waals surface area contributed by atoms with Gasteiger partial charge in [-0.25, -0.2) is 4.39 Å². The van der Waals surface area contributed by atoms with E-state index in [-0.39, 0.29) is 41.9 Å². The average molecular weight is 492 g/mol. The third-order valence-electron chi connectivity index (χ3n) is 8.76. The number of rotatable bonds is 3. The first-order valence-electron chi connectivity index (χ1n) is 13.1. The van der Waals surface area contributed by atoms with Crippen molar-refractivity contribution in [3.05, 3.63) is 34.6 Å². The molecule has 1 amide bonds. The quantitative estimate of drug-likeness (QED) is 0.606. The van der Waals surface area contributed by atoms with E-state index in [1.54, 1.807) is 12.1 Å². The van der Waals surface area contributed by atoms with Crippen LogP contribution in [0.3, 0.4) is 0 Å². The van der Waals surface area contributed by atoms with E-state index < -0.39 is 0 Å². The standard InChI is InChI=1S/C26H39ClFN5O/c1-15-11-20(8-9-29-15)32-10-4-5-18(13-32)23-14-33-25(30-17(3)16(2)26(33)34)24(31-23)21-7-6-19(27)12-22(21)28/h6-7,12,15-18,20,23-25,29-31H,4-5,8-11,13-14H2,1-3H3. The van der Waals surface area contributed by atoms with Gasteiger partial charge in [-0.3, -0.25) is 15.0 Å². The highest BCUT2D eigenvalue weighted by molar-refractivity contribution is 6.30. The minimum absolute atomic E-state index is 0.0389. The molecule has 4 aliphatic rings. The summed E-state index contributed by atoms with van der Waals surface area (Å²) >= 11 is 6.06. The van der Waals surface area contributed by atoms with E-state index in [2.05, 4.69) is 27.8 Å². The van der Waals surface area contributed by atoms with E-state index in [0.717, 1.165) is 26.1 Å². The second kappa shape index (κ2) is 10.0. The highest BCUT2D eigenvalue weighted by Gasteiger charge is 2.48. The first-order valence-corrected chi connectivity index (χ1v) is 13.4. The normalized spacial score (nSPS) is 39.7. The highest BCUT2D eigenvalue weighted by atomic mass is 35.5. The number of carbonyl (C=O) groups is 1. The van der Waals surface area contributed by atoms with Gasteiger partial charge in [0.15, 0.2) is 0 Å². The van der Waals surface area contributed by atoms with Gasteiger partial charge in [0.25, 0.3) is 0 Å². The Morgan fingerprint density at radius 2 is 1.94 bits per heavy atom. The molecule has 8 unspecified atom stereocenters. The molecule has 8 heteroatoms. The van der Waals surface area contributed by atoms with E-state index in [1.165, 1.54) is 25.3 Å². The van der Waals surface area contributed by atoms with E-state index in [1.807, 2.05) is 18.7 Å². The molecule has 4 aliphatic heterocycles. The van der Waals surface area contributed by atoms with Crippen molar-refractivity contribution in [3.8, 4) is 0 Å². The Balaban J connectivity index is 1.40. The maximum atomic E-state index is 15.1. The highest BCUT2D eigenvalue weighted by Crippen LogP contribution is 2.35. The predicted molar refractivity (Wildman–Crippen MR) is 133 cm³/mol. The lowest BCUT2D eigenvalue weighted by Crippen LogP contribution is -2.72. The van der Waals surface area contributed by atoms with Crippen LogP contribution in [0, 0.1) is 17.7 Å². The number of piperidine rings is 2. The third kappa shape index (κ3) is 4.74. The van der Waals surface area contributed by atoms with Gasteiger partial charge >= 0.3 is 0 Å². The minimum atomic E-state index is -0.319. The summed E-state index contributed by atoms with van der Waals surface area (Å²) in [7, 11) is 0. The lowest BCUT2D eigenvalue weighted by atomic mass is 9.83. The molecule has 6 nitrogen and oxygen atoms in total. The fraction of sp³-hybridized carbons (Fsp3) is 0.731. The Hall–Kier alpha value is -1.25. The van der Waals surface area contributed by atoms with Crippen LogP contribution >= 0.6 is 11.6 Å². The molecule has 4 fully saturated rings. The fourth-order valence-electron chi connectivity index (χ4n) is 6.62. The molecule has 0 radical (unpaired) electrons. The third-order valence-corrected chi connectivity index (χ3v) is 9.00. The number of amides is 1. The van der Waals surface area contributed by atoms with Crippen molar-refractivity contribution in [1.82, 2.24) is 25.8 Å². The van der Waals surface area contributed by atoms with Crippen LogP contribution in [-0.4, -0.2) is 72.2 Å². The molecule has 3 N–H and O–H groups in total. The molecule has 0 bridgehead atoms. The lowest BCUT2D eigenvalue weighted by Gasteiger charge is -2.54. The number of benzene rings is 1. The average Bonchev–Trinajstić information content (AvgIpc) is 2.82. The second-order valence-corrected chi connectivity index (χ2v) is 11.5. The van der Waals surface area contributed by atoms with Gasteiger partial charge < -0.3 is 15.5 Å². The van der Waals surface area contributed by atoms with Crippen LogP contribution < -0.4 is 16.0 Å². The van der Waals surface area contributed by atoms with E-state index in [4.69, 9.17) is 11.6 Å². The Bertz CT molecular complexity index is 902. The van der Waals surface area contributed by atoms with Crippen LogP contribution in [0.15, 0.2) is 18.2 Å². The molecular formula is C26H39ClFN5O. The lowest BCUT2D eigenvalue weighted by molar-refractivity contribution is -0.149. The summed E-state index contributed by atoms with van der Waals surface area (Å²) in [5, 5.41) is 11.4. The smallest absolute Gasteiger partial charge is 0.228 e. The topological polar surface area (TPSA) is 59.6 Å². The molecule has 0 saturated carbocycles. The number of nitrogens with one attached hydrogen (secondary N) is 3. The van der Waals surface area contributed by atoms with Crippen LogP contribution in [0.4, 0.5) is 4.39 Å². The van der Waals surface area contributed by atoms with Crippen LogP contribution in [0.5, 0.6) is 0 Å². The molecule has 4 heterocycles. The Morgan fingerprint density at radius 1 is 1.12 bits per heavy atom. The minimum Gasteiger partial charge on any atom is -0.323 e. The fourth-order valence-corrected chi connectivity index (χ4v) is 6.78. The number of fused-ring (bicyclic) bond motifs is 1. The zero-order valence-corrected chi connectivity index (χ0v) is 21.3. The van der Waals surface area contributed by atoms with E-state index in [0.29, 0.717) is 35.1 Å². The molecule has 188 valence electrons. The Morgan fingerprint density at radius 3 is 2.71 bits per heavy atom. The molecule has 1 aromatic rings. The number of nitrogens with zero attached hydrogens (tertiary/aromatic N) is 2. The van der Waals surface area contributed by atoms with Gasteiger partial charge in [-0.1, -0.05) is 24.6 Å². The van der Waals surface area contributed by atoms with Gasteiger partial charge in [0.2, 0.25) is 5.91 Å². The van der Waals surface area contributed by atoms with Crippen molar-refractivity contribution >= 4 is 17.5 Å². The van der Waals surface area contributed by atoms with Gasteiger partial charge in [0, 0.05) is 47.8 Å². The van der Waals surface area contributed by atoms with Gasteiger partial charge in [-0.2, -0.15) is 0 Å². The Kier molecular flexibility index (Phi) is 7.20. The van der Waals surface area contributed by atoms with E-state index >= 15 is 4.39 Å². The molecule has 0 aliphatic carbocycles. The number of likely N-dealkylation sites (tertiary alicyclic amines) is 1. The number of hydrogen-bond donors (Lipinski definition) is 3. The van der Waals surface area contributed by atoms with Crippen molar-refractivity contribution in [1.29, 1.82) is 0 Å². The molecule has 8 atom stereocenters. The van der Waals surface area contributed by atoms with Crippen LogP contribution in [0.2, 0.25) is 5.02 Å². The molecular weight excluding hydrogens is 453 g/mol. The van der Waals surface area contributed by atoms with E-state index in [9.17, 15) is 4.79 Å². The summed E-state index contributed by atoms with van der Waals surface area (Å²) in [6, 6.07) is 5.93. The number of halogens is 2. The maximum Gasteiger partial charge on any atom is 0.228 e. The van der Waals surface area contributed by atoms with Gasteiger partial charge in [0.05, 0.1) is 12.0 Å². The first-order chi connectivity index (χ1) is 16.3. The molecule has 0 aromatic heterocycles. The van der Waals surface area contributed by atoms with Crippen LogP contribution in [0.25, 0.3) is 0 Å². The second-order valence-electron chi connectivity index (χ2n) is 11.0. The number of piperazine rings is 1. The van der Waals surface area contributed by atoms with Crippen molar-refractivity contribution in [3.63, 3.8) is 0 Å². The summed E-state index contributed by atoms with van der Waals surface area (Å²) in [5.74, 6) is 0.187. The molecule has 34 heavy (non-hydrogen) atoms. The summed E-state index contributed by atoms with van der Waals surface area (Å²) < 4.78 is 15.1. The van der Waals surface area contributed by atoms with Crippen molar-refractivity contribution in [2.75, 3.05) is 26.2 Å². The molecule has 4 saturated heterocycles. The Labute approximate surface area is 208 Å². The van der Waals surface area contributed by atoms with Crippen molar-refractivity contribution in [2.24, 2.45) is 11.8 Å². The number of carbonyl (C=O) groups excluding carboxylic acids is 1. The number of hydrogen-bond acceptors (Lipinski definition) is 5. The first kappa shape index (κ1) is 24.4. The zero-order valence-electron chi connectivity index (χ0n) is 20.6.